The molecule has 0 fully saturated rings. The normalized spacial score (nSPS) is 14.4. The Kier molecular flexibility index (Phi) is 5.50. The van der Waals surface area contributed by atoms with Crippen LogP contribution in [0.1, 0.15) is 18.6 Å². The molecule has 1 rings (SSSR count). The van der Waals surface area contributed by atoms with E-state index in [1.165, 1.54) is 6.92 Å². The van der Waals surface area contributed by atoms with Gasteiger partial charge in [0.15, 0.2) is 6.10 Å². The van der Waals surface area contributed by atoms with Gasteiger partial charge >= 0.3 is 12.3 Å². The number of hydrogen-bond donors (Lipinski definition) is 2. The zero-order valence-corrected chi connectivity index (χ0v) is 10.7. The highest BCUT2D eigenvalue weighted by atomic mass is 19.4. The van der Waals surface area contributed by atoms with Crippen LogP contribution in [0.2, 0.25) is 0 Å². The average Bonchev–Trinajstić information content (AvgIpc) is 2.38. The van der Waals surface area contributed by atoms with Crippen molar-refractivity contribution in [1.82, 2.24) is 0 Å². The first-order valence-corrected chi connectivity index (χ1v) is 5.73. The van der Waals surface area contributed by atoms with Gasteiger partial charge in [-0.15, -0.1) is 13.2 Å². The maximum atomic E-state index is 13.5. The van der Waals surface area contributed by atoms with E-state index in [1.807, 2.05) is 0 Å². The minimum atomic E-state index is -5.00. The van der Waals surface area contributed by atoms with Gasteiger partial charge in [0.05, 0.1) is 6.61 Å². The van der Waals surface area contributed by atoms with Gasteiger partial charge in [-0.05, 0) is 25.1 Å². The second-order valence-corrected chi connectivity index (χ2v) is 3.87. The van der Waals surface area contributed by atoms with Crippen molar-refractivity contribution < 1.29 is 42.0 Å². The standard InChI is InChI=1S/C12H12F4O5/c1-2-20-11(19)10(18)9(17)7-5-6(3-4-8(7)13)21-12(14,15)16/h3-5,9-10,17-18H,2H2,1H3. The van der Waals surface area contributed by atoms with Crippen molar-refractivity contribution in [1.29, 1.82) is 0 Å². The number of benzene rings is 1. The van der Waals surface area contributed by atoms with Crippen LogP contribution in [0.15, 0.2) is 18.2 Å². The van der Waals surface area contributed by atoms with E-state index in [-0.39, 0.29) is 6.61 Å². The summed E-state index contributed by atoms with van der Waals surface area (Å²) < 4.78 is 57.7. The van der Waals surface area contributed by atoms with Crippen LogP contribution in [0.3, 0.4) is 0 Å². The molecular formula is C12H12F4O5. The lowest BCUT2D eigenvalue weighted by Crippen LogP contribution is -2.30. The lowest BCUT2D eigenvalue weighted by molar-refractivity contribution is -0.274. The lowest BCUT2D eigenvalue weighted by atomic mass is 10.0. The zero-order chi connectivity index (χ0) is 16.2. The molecule has 0 saturated heterocycles. The van der Waals surface area contributed by atoms with Gasteiger partial charge < -0.3 is 19.7 Å². The van der Waals surface area contributed by atoms with Crippen molar-refractivity contribution in [2.75, 3.05) is 6.61 Å². The van der Waals surface area contributed by atoms with Crippen LogP contribution in [-0.2, 0) is 9.53 Å². The Balaban J connectivity index is 3.00. The fraction of sp³-hybridized carbons (Fsp3) is 0.417. The molecule has 9 heteroatoms. The van der Waals surface area contributed by atoms with Crippen molar-refractivity contribution in [2.24, 2.45) is 0 Å². The molecule has 1 aromatic rings. The van der Waals surface area contributed by atoms with E-state index in [2.05, 4.69) is 9.47 Å². The maximum absolute atomic E-state index is 13.5. The number of carbonyl (C=O) groups is 1. The summed E-state index contributed by atoms with van der Waals surface area (Å²) in [6.07, 6.45) is -9.23. The summed E-state index contributed by atoms with van der Waals surface area (Å²) >= 11 is 0. The topological polar surface area (TPSA) is 76.0 Å². The van der Waals surface area contributed by atoms with E-state index >= 15 is 0 Å². The molecule has 0 amide bonds. The summed E-state index contributed by atoms with van der Waals surface area (Å²) in [6.45, 7) is 1.34. The summed E-state index contributed by atoms with van der Waals surface area (Å²) in [4.78, 5) is 11.2. The summed E-state index contributed by atoms with van der Waals surface area (Å²) in [7, 11) is 0. The van der Waals surface area contributed by atoms with Crippen LogP contribution >= 0.6 is 0 Å². The molecule has 2 N–H and O–H groups in total. The molecule has 0 aliphatic rings. The maximum Gasteiger partial charge on any atom is 0.573 e. The molecule has 21 heavy (non-hydrogen) atoms. The van der Waals surface area contributed by atoms with E-state index in [0.29, 0.717) is 18.2 Å². The highest BCUT2D eigenvalue weighted by Gasteiger charge is 2.33. The zero-order valence-electron chi connectivity index (χ0n) is 10.7. The van der Waals surface area contributed by atoms with E-state index < -0.39 is 41.7 Å². The average molecular weight is 312 g/mol. The van der Waals surface area contributed by atoms with Crippen molar-refractivity contribution in [3.63, 3.8) is 0 Å². The van der Waals surface area contributed by atoms with E-state index in [4.69, 9.17) is 0 Å². The number of ether oxygens (including phenoxy) is 2. The first kappa shape index (κ1) is 17.2. The molecule has 118 valence electrons. The molecule has 0 aliphatic carbocycles. The molecule has 0 spiro atoms. The van der Waals surface area contributed by atoms with Crippen LogP contribution in [-0.4, -0.2) is 35.3 Å². The minimum Gasteiger partial charge on any atom is -0.464 e. The third kappa shape index (κ3) is 4.87. The van der Waals surface area contributed by atoms with E-state index in [1.54, 1.807) is 0 Å². The van der Waals surface area contributed by atoms with Crippen LogP contribution < -0.4 is 4.74 Å². The number of hydrogen-bond acceptors (Lipinski definition) is 5. The predicted octanol–water partition coefficient (Wildman–Crippen LogP) is 1.68. The molecule has 2 atom stereocenters. The number of halogens is 4. The van der Waals surface area contributed by atoms with Gasteiger partial charge in [-0.2, -0.15) is 0 Å². The van der Waals surface area contributed by atoms with Crippen LogP contribution in [0.5, 0.6) is 5.75 Å². The minimum absolute atomic E-state index is 0.0949. The van der Waals surface area contributed by atoms with Gasteiger partial charge in [0.25, 0.3) is 0 Å². The Morgan fingerprint density at radius 3 is 2.48 bits per heavy atom. The fourth-order valence-corrected chi connectivity index (χ4v) is 1.47. The predicted molar refractivity (Wildman–Crippen MR) is 60.7 cm³/mol. The van der Waals surface area contributed by atoms with Crippen molar-refractivity contribution >= 4 is 5.97 Å². The second kappa shape index (κ2) is 6.72. The van der Waals surface area contributed by atoms with Gasteiger partial charge in [-0.1, -0.05) is 0 Å². The largest absolute Gasteiger partial charge is 0.573 e. The van der Waals surface area contributed by atoms with Crippen LogP contribution in [0, 0.1) is 5.82 Å². The summed E-state index contributed by atoms with van der Waals surface area (Å²) in [5, 5.41) is 19.1. The third-order valence-corrected chi connectivity index (χ3v) is 2.35. The molecule has 2 unspecified atom stereocenters. The highest BCUT2D eigenvalue weighted by Crippen LogP contribution is 2.29. The Labute approximate surface area is 116 Å². The lowest BCUT2D eigenvalue weighted by Gasteiger charge is -2.18. The molecule has 0 radical (unpaired) electrons. The van der Waals surface area contributed by atoms with Gasteiger partial charge in [-0.25, -0.2) is 9.18 Å². The molecule has 1 aromatic carbocycles. The number of alkyl halides is 3. The third-order valence-electron chi connectivity index (χ3n) is 2.35. The first-order chi connectivity index (χ1) is 9.65. The SMILES string of the molecule is CCOC(=O)C(O)C(O)c1cc(OC(F)(F)F)ccc1F. The monoisotopic (exact) mass is 312 g/mol. The van der Waals surface area contributed by atoms with Gasteiger partial charge in [-0.3, -0.25) is 0 Å². The molecule has 0 aliphatic heterocycles. The number of esters is 1. The van der Waals surface area contributed by atoms with Gasteiger partial charge in [0.1, 0.15) is 17.7 Å². The molecule has 0 saturated carbocycles. The van der Waals surface area contributed by atoms with Crippen LogP contribution in [0.4, 0.5) is 17.6 Å². The second-order valence-electron chi connectivity index (χ2n) is 3.87. The van der Waals surface area contributed by atoms with Gasteiger partial charge in [0, 0.05) is 5.56 Å². The first-order valence-electron chi connectivity index (χ1n) is 5.73. The quantitative estimate of drug-likeness (QED) is 0.639. The van der Waals surface area contributed by atoms with Crippen molar-refractivity contribution in [3.05, 3.63) is 29.6 Å². The van der Waals surface area contributed by atoms with E-state index in [9.17, 15) is 32.6 Å². The molecule has 5 nitrogen and oxygen atoms in total. The number of rotatable bonds is 5. The molecular weight excluding hydrogens is 300 g/mol. The highest BCUT2D eigenvalue weighted by molar-refractivity contribution is 5.75. The Morgan fingerprint density at radius 1 is 1.33 bits per heavy atom. The Bertz CT molecular complexity index is 503. The van der Waals surface area contributed by atoms with Crippen molar-refractivity contribution in [2.45, 2.75) is 25.5 Å². The summed E-state index contributed by atoms with van der Waals surface area (Å²) in [6, 6.07) is 1.84. The van der Waals surface area contributed by atoms with Gasteiger partial charge in [0.2, 0.25) is 0 Å². The smallest absolute Gasteiger partial charge is 0.464 e. The van der Waals surface area contributed by atoms with E-state index in [0.717, 1.165) is 0 Å². The Morgan fingerprint density at radius 2 is 1.95 bits per heavy atom. The fourth-order valence-electron chi connectivity index (χ4n) is 1.47. The molecule has 0 heterocycles. The summed E-state index contributed by atoms with van der Waals surface area (Å²) in [5.41, 5.74) is -0.725. The van der Waals surface area contributed by atoms with Crippen LogP contribution in [0.25, 0.3) is 0 Å². The number of aliphatic hydroxyl groups excluding tert-OH is 2. The number of aliphatic hydroxyl groups is 2. The number of carbonyl (C=O) groups excluding carboxylic acids is 1. The summed E-state index contributed by atoms with van der Waals surface area (Å²) in [5.74, 6) is -3.14. The Hall–Kier alpha value is -1.87. The van der Waals surface area contributed by atoms with Crippen molar-refractivity contribution in [3.8, 4) is 5.75 Å². The molecule has 0 aromatic heterocycles. The molecule has 0 bridgehead atoms.